The quantitative estimate of drug-likeness (QED) is 0.896. The molecule has 4 nitrogen and oxygen atoms in total. The van der Waals surface area contributed by atoms with Crippen LogP contribution in [0.2, 0.25) is 5.02 Å². The number of hydrogen-bond donors (Lipinski definition) is 2. The molecule has 0 saturated carbocycles. The Balaban J connectivity index is 1.87. The number of benzene rings is 1. The second-order valence-electron chi connectivity index (χ2n) is 5.44. The second kappa shape index (κ2) is 7.07. The first-order chi connectivity index (χ1) is 9.58. The third-order valence-electron chi connectivity index (χ3n) is 3.68. The summed E-state index contributed by atoms with van der Waals surface area (Å²) >= 11 is 6.04. The van der Waals surface area contributed by atoms with Crippen LogP contribution in [-0.2, 0) is 4.79 Å². The maximum Gasteiger partial charge on any atom is 0.238 e. The van der Waals surface area contributed by atoms with Gasteiger partial charge in [0.15, 0.2) is 0 Å². The molecule has 1 heterocycles. The summed E-state index contributed by atoms with van der Waals surface area (Å²) in [4.78, 5) is 14.1. The fraction of sp³-hybridized carbons (Fsp3) is 0.533. The van der Waals surface area contributed by atoms with E-state index in [1.165, 1.54) is 0 Å². The number of nitrogens with one attached hydrogen (secondary N) is 1. The maximum atomic E-state index is 12.0. The van der Waals surface area contributed by atoms with Crippen molar-refractivity contribution in [2.45, 2.75) is 19.8 Å². The van der Waals surface area contributed by atoms with Gasteiger partial charge in [0.1, 0.15) is 0 Å². The van der Waals surface area contributed by atoms with Crippen LogP contribution in [0.1, 0.15) is 18.4 Å². The van der Waals surface area contributed by atoms with E-state index in [4.69, 9.17) is 11.6 Å². The van der Waals surface area contributed by atoms with Crippen LogP contribution < -0.4 is 5.32 Å². The molecule has 1 saturated heterocycles. The van der Waals surface area contributed by atoms with E-state index in [1.807, 2.05) is 19.1 Å². The van der Waals surface area contributed by atoms with Gasteiger partial charge in [-0.15, -0.1) is 0 Å². The van der Waals surface area contributed by atoms with Gasteiger partial charge in [0, 0.05) is 23.9 Å². The molecule has 0 bridgehead atoms. The highest BCUT2D eigenvalue weighted by atomic mass is 35.5. The second-order valence-corrected chi connectivity index (χ2v) is 5.85. The molecular weight excluding hydrogens is 276 g/mol. The van der Waals surface area contributed by atoms with E-state index in [0.29, 0.717) is 17.5 Å². The molecule has 1 aromatic carbocycles. The lowest BCUT2D eigenvalue weighted by molar-refractivity contribution is -0.117. The lowest BCUT2D eigenvalue weighted by Gasteiger charge is -2.31. The molecule has 0 aliphatic carbocycles. The van der Waals surface area contributed by atoms with Crippen LogP contribution in [-0.4, -0.2) is 42.2 Å². The summed E-state index contributed by atoms with van der Waals surface area (Å²) in [6, 6.07) is 5.51. The number of carbonyl (C=O) groups excluding carboxylic acids is 1. The fourth-order valence-corrected chi connectivity index (χ4v) is 2.70. The Hall–Kier alpha value is -1.10. The summed E-state index contributed by atoms with van der Waals surface area (Å²) in [6.07, 6.45) is 2.08. The molecule has 2 rings (SSSR count). The Morgan fingerprint density at radius 1 is 1.55 bits per heavy atom. The van der Waals surface area contributed by atoms with Crippen LogP contribution in [0.4, 0.5) is 5.69 Å². The lowest BCUT2D eigenvalue weighted by Crippen LogP contribution is -2.41. The number of carbonyl (C=O) groups is 1. The van der Waals surface area contributed by atoms with Crippen LogP contribution >= 0.6 is 11.6 Å². The van der Waals surface area contributed by atoms with E-state index in [0.717, 1.165) is 37.2 Å². The number of nitrogens with zero attached hydrogens (tertiary/aromatic N) is 1. The molecule has 1 aliphatic heterocycles. The molecule has 1 aromatic rings. The standard InChI is InChI=1S/C15H21ClN2O2/c1-11-4-5-13(7-14(11)16)17-15(20)9-18-6-2-3-12(8-18)10-19/h4-5,7,12,19H,2-3,6,8-10H2,1H3,(H,17,20). The number of aliphatic hydroxyl groups excluding tert-OH is 1. The first kappa shape index (κ1) is 15.3. The van der Waals surface area contributed by atoms with Gasteiger partial charge >= 0.3 is 0 Å². The van der Waals surface area contributed by atoms with Crippen molar-refractivity contribution in [3.05, 3.63) is 28.8 Å². The highest BCUT2D eigenvalue weighted by molar-refractivity contribution is 6.31. The van der Waals surface area contributed by atoms with Crippen LogP contribution in [0.15, 0.2) is 18.2 Å². The molecule has 20 heavy (non-hydrogen) atoms. The van der Waals surface area contributed by atoms with Gasteiger partial charge in [-0.05, 0) is 49.9 Å². The number of rotatable bonds is 4. The van der Waals surface area contributed by atoms with Gasteiger partial charge in [-0.1, -0.05) is 17.7 Å². The molecule has 5 heteroatoms. The average Bonchev–Trinajstić information content (AvgIpc) is 2.43. The normalized spacial score (nSPS) is 19.9. The summed E-state index contributed by atoms with van der Waals surface area (Å²) in [5.74, 6) is 0.258. The fourth-order valence-electron chi connectivity index (χ4n) is 2.52. The van der Waals surface area contributed by atoms with Crippen LogP contribution in [0.5, 0.6) is 0 Å². The minimum Gasteiger partial charge on any atom is -0.396 e. The van der Waals surface area contributed by atoms with Gasteiger partial charge in [0.25, 0.3) is 0 Å². The SMILES string of the molecule is Cc1ccc(NC(=O)CN2CCCC(CO)C2)cc1Cl. The number of halogens is 1. The van der Waals surface area contributed by atoms with E-state index in [-0.39, 0.29) is 12.5 Å². The van der Waals surface area contributed by atoms with E-state index < -0.39 is 0 Å². The highest BCUT2D eigenvalue weighted by Gasteiger charge is 2.20. The van der Waals surface area contributed by atoms with E-state index in [1.54, 1.807) is 6.07 Å². The molecule has 0 spiro atoms. The van der Waals surface area contributed by atoms with Crippen molar-refractivity contribution in [2.24, 2.45) is 5.92 Å². The minimum absolute atomic E-state index is 0.0384. The van der Waals surface area contributed by atoms with Crippen molar-refractivity contribution in [3.63, 3.8) is 0 Å². The van der Waals surface area contributed by atoms with E-state index in [2.05, 4.69) is 10.2 Å². The first-order valence-electron chi connectivity index (χ1n) is 6.97. The molecule has 2 N–H and O–H groups in total. The number of amides is 1. The summed E-state index contributed by atoms with van der Waals surface area (Å²) in [5, 5.41) is 12.7. The lowest BCUT2D eigenvalue weighted by atomic mass is 9.99. The van der Waals surface area contributed by atoms with Gasteiger partial charge in [-0.25, -0.2) is 0 Å². The van der Waals surface area contributed by atoms with Gasteiger partial charge < -0.3 is 10.4 Å². The monoisotopic (exact) mass is 296 g/mol. The molecule has 1 unspecified atom stereocenters. The van der Waals surface area contributed by atoms with Crippen molar-refractivity contribution in [1.82, 2.24) is 4.90 Å². The van der Waals surface area contributed by atoms with Crippen LogP contribution in [0, 0.1) is 12.8 Å². The summed E-state index contributed by atoms with van der Waals surface area (Å²) in [5.41, 5.74) is 1.72. The van der Waals surface area contributed by atoms with Crippen LogP contribution in [0.25, 0.3) is 0 Å². The van der Waals surface area contributed by atoms with Crippen LogP contribution in [0.3, 0.4) is 0 Å². The zero-order chi connectivity index (χ0) is 14.5. The zero-order valence-electron chi connectivity index (χ0n) is 11.7. The van der Waals surface area contributed by atoms with Crippen molar-refractivity contribution < 1.29 is 9.90 Å². The van der Waals surface area contributed by atoms with Crippen molar-refractivity contribution >= 4 is 23.2 Å². The Morgan fingerprint density at radius 3 is 3.05 bits per heavy atom. The summed E-state index contributed by atoms with van der Waals surface area (Å²) in [7, 11) is 0. The molecule has 1 atom stereocenters. The van der Waals surface area contributed by atoms with Gasteiger partial charge in [0.2, 0.25) is 5.91 Å². The van der Waals surface area contributed by atoms with Gasteiger partial charge in [0.05, 0.1) is 6.54 Å². The minimum atomic E-state index is -0.0384. The third kappa shape index (κ3) is 4.20. The number of likely N-dealkylation sites (tertiary alicyclic amines) is 1. The molecule has 1 aliphatic rings. The molecule has 1 amide bonds. The highest BCUT2D eigenvalue weighted by Crippen LogP contribution is 2.20. The molecular formula is C15H21ClN2O2. The molecule has 1 fully saturated rings. The van der Waals surface area contributed by atoms with E-state index >= 15 is 0 Å². The predicted molar refractivity (Wildman–Crippen MR) is 81.1 cm³/mol. The molecule has 0 radical (unpaired) electrons. The first-order valence-corrected chi connectivity index (χ1v) is 7.35. The number of piperidine rings is 1. The molecule has 110 valence electrons. The zero-order valence-corrected chi connectivity index (χ0v) is 12.5. The summed E-state index contributed by atoms with van der Waals surface area (Å²) in [6.45, 7) is 4.20. The number of anilines is 1. The Bertz CT molecular complexity index is 479. The molecule has 0 aromatic heterocycles. The smallest absolute Gasteiger partial charge is 0.238 e. The Labute approximate surface area is 124 Å². The van der Waals surface area contributed by atoms with E-state index in [9.17, 15) is 9.90 Å². The third-order valence-corrected chi connectivity index (χ3v) is 4.09. The Kier molecular flexibility index (Phi) is 5.40. The van der Waals surface area contributed by atoms with Gasteiger partial charge in [-0.3, -0.25) is 9.69 Å². The number of aryl methyl sites for hydroxylation is 1. The maximum absolute atomic E-state index is 12.0. The van der Waals surface area contributed by atoms with Crippen molar-refractivity contribution in [1.29, 1.82) is 0 Å². The number of hydrogen-bond acceptors (Lipinski definition) is 3. The van der Waals surface area contributed by atoms with Crippen molar-refractivity contribution in [2.75, 3.05) is 31.6 Å². The predicted octanol–water partition coefficient (Wildman–Crippen LogP) is 2.29. The largest absolute Gasteiger partial charge is 0.396 e. The average molecular weight is 297 g/mol. The summed E-state index contributed by atoms with van der Waals surface area (Å²) < 4.78 is 0. The Morgan fingerprint density at radius 2 is 2.35 bits per heavy atom. The topological polar surface area (TPSA) is 52.6 Å². The van der Waals surface area contributed by atoms with Gasteiger partial charge in [-0.2, -0.15) is 0 Å². The van der Waals surface area contributed by atoms with Crippen molar-refractivity contribution in [3.8, 4) is 0 Å². The number of aliphatic hydroxyl groups is 1.